The predicted octanol–water partition coefficient (Wildman–Crippen LogP) is 0.307. The summed E-state index contributed by atoms with van der Waals surface area (Å²) in [5.41, 5.74) is 0. The van der Waals surface area contributed by atoms with E-state index in [0.29, 0.717) is 0 Å². The second kappa shape index (κ2) is 4.93. The molecule has 5 heteroatoms. The van der Waals surface area contributed by atoms with Crippen LogP contribution in [0.25, 0.3) is 0 Å². The minimum Gasteiger partial charge on any atom is -0.317 e. The summed E-state index contributed by atoms with van der Waals surface area (Å²) in [6.07, 6.45) is 2.75. The third-order valence-corrected chi connectivity index (χ3v) is 3.28. The lowest BCUT2D eigenvalue weighted by Crippen LogP contribution is -2.30. The van der Waals surface area contributed by atoms with Crippen molar-refractivity contribution < 1.29 is 0 Å². The van der Waals surface area contributed by atoms with Crippen LogP contribution in [0.5, 0.6) is 0 Å². The molecule has 90 valence electrons. The Hall–Kier alpha value is -0.940. The SMILES string of the molecule is Cc1nnc(CNCCN(C)C2CC2)n1C. The summed E-state index contributed by atoms with van der Waals surface area (Å²) in [6, 6.07) is 0.846. The van der Waals surface area contributed by atoms with Gasteiger partial charge in [0.1, 0.15) is 11.6 Å². The van der Waals surface area contributed by atoms with Crippen molar-refractivity contribution in [1.29, 1.82) is 0 Å². The predicted molar refractivity (Wildman–Crippen MR) is 63.1 cm³/mol. The Morgan fingerprint density at radius 2 is 2.19 bits per heavy atom. The second-order valence-electron chi connectivity index (χ2n) is 4.61. The standard InChI is InChI=1S/C11H21N5/c1-9-13-14-11(16(9)3)8-12-6-7-15(2)10-4-5-10/h10,12H,4-8H2,1-3H3. The lowest BCUT2D eigenvalue weighted by molar-refractivity contribution is 0.321. The molecule has 0 saturated heterocycles. The summed E-state index contributed by atoms with van der Waals surface area (Å²) in [4.78, 5) is 2.43. The van der Waals surface area contributed by atoms with E-state index < -0.39 is 0 Å². The minimum atomic E-state index is 0.801. The highest BCUT2D eigenvalue weighted by molar-refractivity contribution is 4.91. The quantitative estimate of drug-likeness (QED) is 0.705. The molecule has 0 aliphatic heterocycles. The Balaban J connectivity index is 1.65. The molecular formula is C11H21N5. The zero-order chi connectivity index (χ0) is 11.5. The van der Waals surface area contributed by atoms with Gasteiger partial charge in [-0.3, -0.25) is 0 Å². The van der Waals surface area contributed by atoms with E-state index in [9.17, 15) is 0 Å². The van der Waals surface area contributed by atoms with Crippen molar-refractivity contribution in [3.63, 3.8) is 0 Å². The maximum atomic E-state index is 4.12. The molecule has 1 heterocycles. The van der Waals surface area contributed by atoms with Gasteiger partial charge in [0.25, 0.3) is 0 Å². The highest BCUT2D eigenvalue weighted by atomic mass is 15.3. The highest BCUT2D eigenvalue weighted by Gasteiger charge is 2.25. The molecule has 0 atom stereocenters. The highest BCUT2D eigenvalue weighted by Crippen LogP contribution is 2.24. The van der Waals surface area contributed by atoms with Gasteiger partial charge in [0.05, 0.1) is 6.54 Å². The minimum absolute atomic E-state index is 0.801. The van der Waals surface area contributed by atoms with Crippen molar-refractivity contribution in [3.8, 4) is 0 Å². The molecule has 0 spiro atoms. The molecule has 1 fully saturated rings. The number of aromatic nitrogens is 3. The van der Waals surface area contributed by atoms with Crippen molar-refractivity contribution in [3.05, 3.63) is 11.6 Å². The molecule has 1 aliphatic rings. The summed E-state index contributed by atoms with van der Waals surface area (Å²) in [6.45, 7) is 4.90. The summed E-state index contributed by atoms with van der Waals surface area (Å²) in [7, 11) is 4.20. The zero-order valence-corrected chi connectivity index (χ0v) is 10.4. The molecule has 0 bridgehead atoms. The Bertz CT molecular complexity index is 342. The number of nitrogens with one attached hydrogen (secondary N) is 1. The van der Waals surface area contributed by atoms with Gasteiger partial charge in [-0.25, -0.2) is 0 Å². The molecule has 1 aromatic heterocycles. The third-order valence-electron chi connectivity index (χ3n) is 3.28. The van der Waals surface area contributed by atoms with Crippen molar-refractivity contribution in [2.24, 2.45) is 7.05 Å². The van der Waals surface area contributed by atoms with Gasteiger partial charge in [-0.2, -0.15) is 0 Å². The van der Waals surface area contributed by atoms with E-state index in [2.05, 4.69) is 27.5 Å². The molecule has 0 aromatic carbocycles. The fourth-order valence-electron chi connectivity index (χ4n) is 1.76. The first-order valence-corrected chi connectivity index (χ1v) is 5.94. The van der Waals surface area contributed by atoms with Gasteiger partial charge in [0.15, 0.2) is 0 Å². The molecule has 1 N–H and O–H groups in total. The largest absolute Gasteiger partial charge is 0.317 e. The molecule has 1 aliphatic carbocycles. The van der Waals surface area contributed by atoms with Crippen LogP contribution in [0.15, 0.2) is 0 Å². The number of aryl methyl sites for hydroxylation is 1. The molecule has 0 unspecified atom stereocenters. The number of hydrogen-bond donors (Lipinski definition) is 1. The Labute approximate surface area is 96.8 Å². The number of nitrogens with zero attached hydrogens (tertiary/aromatic N) is 4. The first-order chi connectivity index (χ1) is 7.68. The van der Waals surface area contributed by atoms with Gasteiger partial charge in [-0.05, 0) is 26.8 Å². The van der Waals surface area contributed by atoms with E-state index >= 15 is 0 Å². The lowest BCUT2D eigenvalue weighted by Gasteiger charge is -2.15. The second-order valence-corrected chi connectivity index (χ2v) is 4.61. The first-order valence-electron chi connectivity index (χ1n) is 5.94. The summed E-state index contributed by atoms with van der Waals surface area (Å²) < 4.78 is 2.03. The fourth-order valence-corrected chi connectivity index (χ4v) is 1.76. The van der Waals surface area contributed by atoms with Crippen LogP contribution < -0.4 is 5.32 Å². The van der Waals surface area contributed by atoms with Gasteiger partial charge >= 0.3 is 0 Å². The van der Waals surface area contributed by atoms with Crippen molar-refractivity contribution in [2.45, 2.75) is 32.4 Å². The van der Waals surface area contributed by atoms with Crippen molar-refractivity contribution >= 4 is 0 Å². The summed E-state index contributed by atoms with van der Waals surface area (Å²) in [5.74, 6) is 1.97. The van der Waals surface area contributed by atoms with Crippen molar-refractivity contribution in [2.75, 3.05) is 20.1 Å². The van der Waals surface area contributed by atoms with Crippen LogP contribution in [0.3, 0.4) is 0 Å². The van der Waals surface area contributed by atoms with E-state index in [1.54, 1.807) is 0 Å². The third kappa shape index (κ3) is 2.80. The van der Waals surface area contributed by atoms with Crippen LogP contribution in [0.4, 0.5) is 0 Å². The average molecular weight is 223 g/mol. The normalized spacial score (nSPS) is 16.0. The molecule has 0 amide bonds. The Morgan fingerprint density at radius 1 is 1.44 bits per heavy atom. The molecule has 5 nitrogen and oxygen atoms in total. The number of rotatable bonds is 6. The maximum absolute atomic E-state index is 4.12. The van der Waals surface area contributed by atoms with Crippen LogP contribution in [-0.4, -0.2) is 45.8 Å². The van der Waals surface area contributed by atoms with Crippen LogP contribution in [0, 0.1) is 6.92 Å². The summed E-state index contributed by atoms with van der Waals surface area (Å²) >= 11 is 0. The van der Waals surface area contributed by atoms with E-state index in [0.717, 1.165) is 37.3 Å². The molecule has 1 saturated carbocycles. The monoisotopic (exact) mass is 223 g/mol. The van der Waals surface area contributed by atoms with Crippen LogP contribution in [0.1, 0.15) is 24.5 Å². The first kappa shape index (κ1) is 11.5. The average Bonchev–Trinajstić information content (AvgIpc) is 3.06. The van der Waals surface area contributed by atoms with Gasteiger partial charge < -0.3 is 14.8 Å². The lowest BCUT2D eigenvalue weighted by atomic mass is 10.5. The van der Waals surface area contributed by atoms with Gasteiger partial charge in [0, 0.05) is 26.2 Å². The topological polar surface area (TPSA) is 46.0 Å². The fraction of sp³-hybridized carbons (Fsp3) is 0.818. The molecular weight excluding hydrogens is 202 g/mol. The smallest absolute Gasteiger partial charge is 0.146 e. The van der Waals surface area contributed by atoms with Gasteiger partial charge in [0.2, 0.25) is 0 Å². The van der Waals surface area contributed by atoms with Crippen LogP contribution >= 0.6 is 0 Å². The molecule has 2 rings (SSSR count). The molecule has 0 radical (unpaired) electrons. The summed E-state index contributed by atoms with van der Waals surface area (Å²) in [5, 5.41) is 11.6. The Morgan fingerprint density at radius 3 is 2.75 bits per heavy atom. The molecule has 1 aromatic rings. The van der Waals surface area contributed by atoms with E-state index in [1.165, 1.54) is 12.8 Å². The zero-order valence-electron chi connectivity index (χ0n) is 10.4. The van der Waals surface area contributed by atoms with Gasteiger partial charge in [-0.1, -0.05) is 0 Å². The van der Waals surface area contributed by atoms with E-state index in [-0.39, 0.29) is 0 Å². The van der Waals surface area contributed by atoms with Crippen molar-refractivity contribution in [1.82, 2.24) is 25.0 Å². The van der Waals surface area contributed by atoms with E-state index in [4.69, 9.17) is 0 Å². The van der Waals surface area contributed by atoms with E-state index in [1.807, 2.05) is 18.5 Å². The molecule has 16 heavy (non-hydrogen) atoms. The Kier molecular flexibility index (Phi) is 3.56. The van der Waals surface area contributed by atoms with Crippen LogP contribution in [0.2, 0.25) is 0 Å². The number of likely N-dealkylation sites (N-methyl/N-ethyl adjacent to an activating group) is 1. The number of hydrogen-bond acceptors (Lipinski definition) is 4. The van der Waals surface area contributed by atoms with Crippen LogP contribution in [-0.2, 0) is 13.6 Å². The van der Waals surface area contributed by atoms with Gasteiger partial charge in [-0.15, -0.1) is 10.2 Å². The maximum Gasteiger partial charge on any atom is 0.146 e.